The summed E-state index contributed by atoms with van der Waals surface area (Å²) in [6.45, 7) is 3.69. The summed E-state index contributed by atoms with van der Waals surface area (Å²) in [5, 5.41) is 19.4. The molecule has 1 aliphatic carbocycles. The zero-order valence-corrected chi connectivity index (χ0v) is 9.88. The Morgan fingerprint density at radius 1 is 1.28 bits per heavy atom. The lowest BCUT2D eigenvalue weighted by atomic mass is 9.97. The van der Waals surface area contributed by atoms with Crippen LogP contribution in [-0.2, 0) is 0 Å². The maximum absolute atomic E-state index is 9.79. The van der Waals surface area contributed by atoms with Gasteiger partial charge in [0.25, 0.3) is 0 Å². The average Bonchev–Trinajstić information content (AvgIpc) is 2.37. The van der Waals surface area contributed by atoms with Crippen molar-refractivity contribution in [3.63, 3.8) is 0 Å². The van der Waals surface area contributed by atoms with Crippen LogP contribution >= 0.6 is 0 Å². The lowest BCUT2D eigenvalue weighted by Gasteiger charge is -2.15. The van der Waals surface area contributed by atoms with Gasteiger partial charge in [0.15, 0.2) is 0 Å². The fourth-order valence-corrected chi connectivity index (χ4v) is 1.77. The topological polar surface area (TPSA) is 66.5 Å². The molecule has 2 rings (SSSR count). The molecule has 0 spiro atoms. The van der Waals surface area contributed by atoms with Gasteiger partial charge < -0.3 is 15.9 Å². The molecule has 0 saturated carbocycles. The maximum atomic E-state index is 9.79. The Morgan fingerprint density at radius 3 is 2.78 bits per heavy atom. The number of hydrogen-bond acceptors (Lipinski definition) is 3. The minimum absolute atomic E-state index is 0.114. The van der Waals surface area contributed by atoms with E-state index < -0.39 is 6.04 Å². The Balaban J connectivity index is 2.42. The molecule has 1 unspecified atom stereocenters. The number of aliphatic hydroxyl groups is 1. The first-order valence-corrected chi connectivity index (χ1v) is 5.61. The van der Waals surface area contributed by atoms with Crippen molar-refractivity contribution < 1.29 is 10.2 Å². The summed E-state index contributed by atoms with van der Waals surface area (Å²) >= 11 is 0. The Labute approximate surface area is 106 Å². The number of aliphatic hydroxyl groups excluding tert-OH is 1. The Kier molecular flexibility index (Phi) is 3.35. The Morgan fingerprint density at radius 2 is 2.06 bits per heavy atom. The van der Waals surface area contributed by atoms with Crippen molar-refractivity contribution in [3.8, 4) is 5.75 Å². The second kappa shape index (κ2) is 4.94. The average molecular weight is 241 g/mol. The van der Waals surface area contributed by atoms with Gasteiger partial charge in [-0.05, 0) is 35.4 Å². The van der Waals surface area contributed by atoms with Gasteiger partial charge in [-0.3, -0.25) is 0 Å². The van der Waals surface area contributed by atoms with Gasteiger partial charge in [0.2, 0.25) is 0 Å². The molecule has 0 heterocycles. The molecule has 0 fully saturated rings. The summed E-state index contributed by atoms with van der Waals surface area (Å²) in [7, 11) is 0. The van der Waals surface area contributed by atoms with E-state index in [-0.39, 0.29) is 11.5 Å². The third kappa shape index (κ3) is 2.36. The van der Waals surface area contributed by atoms with Crippen LogP contribution < -0.4 is 5.73 Å². The van der Waals surface area contributed by atoms with Crippen molar-refractivity contribution >= 4 is 12.2 Å². The molecule has 92 valence electrons. The second-order valence-corrected chi connectivity index (χ2v) is 4.10. The number of aromatic hydroxyl groups is 1. The highest BCUT2D eigenvalue weighted by molar-refractivity contribution is 5.67. The van der Waals surface area contributed by atoms with Crippen molar-refractivity contribution in [3.05, 3.63) is 65.5 Å². The first-order chi connectivity index (χ1) is 8.61. The number of phenols is 1. The summed E-state index contributed by atoms with van der Waals surface area (Å²) in [6.07, 6.45) is 8.55. The Hall–Kier alpha value is -2.26. The van der Waals surface area contributed by atoms with Gasteiger partial charge in [-0.25, -0.2) is 0 Å². The van der Waals surface area contributed by atoms with Gasteiger partial charge in [-0.2, -0.15) is 0 Å². The molecule has 3 nitrogen and oxygen atoms in total. The fraction of sp³-hybridized carbons (Fsp3) is 0.0667. The molecule has 18 heavy (non-hydrogen) atoms. The normalized spacial score (nSPS) is 20.8. The molecule has 1 aromatic rings. The summed E-state index contributed by atoms with van der Waals surface area (Å²) in [4.78, 5) is 0. The summed E-state index contributed by atoms with van der Waals surface area (Å²) < 4.78 is 0. The molecule has 1 aliphatic rings. The highest BCUT2D eigenvalue weighted by Crippen LogP contribution is 2.25. The quantitative estimate of drug-likeness (QED) is 0.745. The molecule has 0 aromatic heterocycles. The first-order valence-electron chi connectivity index (χ1n) is 5.61. The van der Waals surface area contributed by atoms with Gasteiger partial charge in [0.1, 0.15) is 11.5 Å². The summed E-state index contributed by atoms with van der Waals surface area (Å²) in [5.41, 5.74) is 8.15. The number of benzene rings is 1. The smallest absolute Gasteiger partial charge is 0.122 e. The van der Waals surface area contributed by atoms with E-state index in [1.807, 2.05) is 12.1 Å². The Bertz CT molecular complexity index is 568. The van der Waals surface area contributed by atoms with Crippen molar-refractivity contribution in [1.82, 2.24) is 0 Å². The van der Waals surface area contributed by atoms with Crippen LogP contribution in [0.3, 0.4) is 0 Å². The van der Waals surface area contributed by atoms with E-state index in [2.05, 4.69) is 6.58 Å². The zero-order valence-electron chi connectivity index (χ0n) is 9.88. The van der Waals surface area contributed by atoms with Gasteiger partial charge in [-0.15, -0.1) is 0 Å². The minimum atomic E-state index is -0.554. The first kappa shape index (κ1) is 12.2. The van der Waals surface area contributed by atoms with E-state index in [0.29, 0.717) is 5.56 Å². The predicted octanol–water partition coefficient (Wildman–Crippen LogP) is 2.76. The number of allylic oxidation sites excluding steroid dienone is 2. The fourth-order valence-electron chi connectivity index (χ4n) is 1.77. The molecular formula is C15H15NO2. The number of phenolic OH excluding ortho intramolecular Hbond substituents is 1. The van der Waals surface area contributed by atoms with E-state index in [1.165, 1.54) is 0 Å². The molecule has 0 bridgehead atoms. The van der Waals surface area contributed by atoms with Crippen LogP contribution in [0.2, 0.25) is 0 Å². The van der Waals surface area contributed by atoms with E-state index in [1.54, 1.807) is 36.4 Å². The van der Waals surface area contributed by atoms with Gasteiger partial charge in [-0.1, -0.05) is 30.9 Å². The van der Waals surface area contributed by atoms with Gasteiger partial charge in [0, 0.05) is 5.56 Å². The second-order valence-electron chi connectivity index (χ2n) is 4.10. The van der Waals surface area contributed by atoms with Crippen LogP contribution in [0.4, 0.5) is 0 Å². The zero-order chi connectivity index (χ0) is 13.1. The molecule has 0 aliphatic heterocycles. The van der Waals surface area contributed by atoms with E-state index in [4.69, 9.17) is 5.73 Å². The van der Waals surface area contributed by atoms with Crippen LogP contribution in [0.1, 0.15) is 11.1 Å². The van der Waals surface area contributed by atoms with E-state index in [9.17, 15) is 10.2 Å². The van der Waals surface area contributed by atoms with Crippen molar-refractivity contribution in [2.24, 2.45) is 5.73 Å². The van der Waals surface area contributed by atoms with Crippen LogP contribution in [-0.4, -0.2) is 16.3 Å². The number of rotatable bonds is 2. The van der Waals surface area contributed by atoms with Gasteiger partial charge >= 0.3 is 0 Å². The van der Waals surface area contributed by atoms with E-state index in [0.717, 1.165) is 11.1 Å². The van der Waals surface area contributed by atoms with Crippen LogP contribution in [0, 0.1) is 0 Å². The van der Waals surface area contributed by atoms with Crippen molar-refractivity contribution in [2.45, 2.75) is 6.04 Å². The molecule has 1 aromatic carbocycles. The molecular weight excluding hydrogens is 226 g/mol. The third-order valence-corrected chi connectivity index (χ3v) is 2.84. The monoisotopic (exact) mass is 241 g/mol. The van der Waals surface area contributed by atoms with Crippen molar-refractivity contribution in [1.29, 1.82) is 0 Å². The van der Waals surface area contributed by atoms with Crippen LogP contribution in [0.5, 0.6) is 5.75 Å². The highest BCUT2D eigenvalue weighted by atomic mass is 16.3. The summed E-state index contributed by atoms with van der Waals surface area (Å²) in [6, 6.07) is 4.64. The third-order valence-electron chi connectivity index (χ3n) is 2.84. The molecule has 0 saturated heterocycles. The largest absolute Gasteiger partial charge is 0.510 e. The number of hydrogen-bond donors (Lipinski definition) is 3. The lowest BCUT2D eigenvalue weighted by molar-refractivity contribution is 0.380. The molecule has 3 heteroatoms. The van der Waals surface area contributed by atoms with Crippen LogP contribution in [0.25, 0.3) is 12.2 Å². The van der Waals surface area contributed by atoms with E-state index >= 15 is 0 Å². The van der Waals surface area contributed by atoms with Gasteiger partial charge in [0.05, 0.1) is 6.04 Å². The highest BCUT2D eigenvalue weighted by Gasteiger charge is 2.14. The SMILES string of the molecule is C=Cc1ccc(O)c(C=C2C=CC=C(O)C2N)c1. The maximum Gasteiger partial charge on any atom is 0.122 e. The number of nitrogens with two attached hydrogens (primary N) is 1. The molecule has 1 atom stereocenters. The standard InChI is InChI=1S/C15H15NO2/c1-2-10-6-7-13(17)12(8-10)9-11-4-3-5-14(18)15(11)16/h2-9,15,17-18H,1,16H2. The lowest BCUT2D eigenvalue weighted by Crippen LogP contribution is -2.25. The van der Waals surface area contributed by atoms with Crippen molar-refractivity contribution in [2.75, 3.05) is 0 Å². The molecule has 0 amide bonds. The predicted molar refractivity (Wildman–Crippen MR) is 74.0 cm³/mol. The molecule has 4 N–H and O–H groups in total. The minimum Gasteiger partial charge on any atom is -0.510 e. The summed E-state index contributed by atoms with van der Waals surface area (Å²) in [5.74, 6) is 0.283. The van der Waals surface area contributed by atoms with Crippen LogP contribution in [0.15, 0.2) is 54.3 Å². The molecule has 0 radical (unpaired) electrons.